The molecule has 3 N–H and O–H groups in total. The maximum atomic E-state index is 13.1. The highest BCUT2D eigenvalue weighted by Gasteiger charge is 2.50. The molecule has 142 valence electrons. The van der Waals surface area contributed by atoms with Crippen molar-refractivity contribution in [3.63, 3.8) is 0 Å². The van der Waals surface area contributed by atoms with Gasteiger partial charge < -0.3 is 15.8 Å². The number of para-hydroxylation sites is 1. The zero-order valence-electron chi connectivity index (χ0n) is 15.2. The van der Waals surface area contributed by atoms with Crippen molar-refractivity contribution < 1.29 is 9.53 Å². The van der Waals surface area contributed by atoms with Crippen molar-refractivity contribution in [2.45, 2.75) is 69.1 Å². The number of halogens is 1. The van der Waals surface area contributed by atoms with E-state index in [0.29, 0.717) is 11.8 Å². The Kier molecular flexibility index (Phi) is 4.68. The van der Waals surface area contributed by atoms with Crippen LogP contribution >= 0.6 is 12.4 Å². The molecular formula is C21H29ClN2O2. The molecule has 1 aromatic rings. The van der Waals surface area contributed by atoms with Gasteiger partial charge in [0, 0.05) is 18.0 Å². The molecule has 4 nitrogen and oxygen atoms in total. The van der Waals surface area contributed by atoms with E-state index in [4.69, 9.17) is 10.5 Å². The lowest BCUT2D eigenvalue weighted by Crippen LogP contribution is -2.49. The van der Waals surface area contributed by atoms with Gasteiger partial charge in [0.15, 0.2) is 0 Å². The predicted octanol–water partition coefficient (Wildman–Crippen LogP) is 3.73. The van der Waals surface area contributed by atoms with Gasteiger partial charge in [-0.1, -0.05) is 18.2 Å². The van der Waals surface area contributed by atoms with Crippen molar-refractivity contribution in [3.8, 4) is 5.75 Å². The molecule has 5 unspecified atom stereocenters. The standard InChI is InChI=1S/C21H28N2O2.ClH/c22-19-14-8-7-13(11-14)18(19)20(24)23-16-12-21(9-3-4-10-21)25-17-6-2-1-5-15(16)17;/h1-2,5-6,13-14,16,18-19H,3-4,7-12,22H2,(H,23,24);1H. The van der Waals surface area contributed by atoms with E-state index in [2.05, 4.69) is 17.4 Å². The van der Waals surface area contributed by atoms with Crippen molar-refractivity contribution in [1.82, 2.24) is 5.32 Å². The number of rotatable bonds is 2. The predicted molar refractivity (Wildman–Crippen MR) is 103 cm³/mol. The van der Waals surface area contributed by atoms with E-state index >= 15 is 0 Å². The molecule has 5 heteroatoms. The van der Waals surface area contributed by atoms with Gasteiger partial charge in [-0.25, -0.2) is 0 Å². The van der Waals surface area contributed by atoms with Gasteiger partial charge in [-0.2, -0.15) is 0 Å². The fraction of sp³-hybridized carbons (Fsp3) is 0.667. The third kappa shape index (κ3) is 2.82. The average molecular weight is 377 g/mol. The van der Waals surface area contributed by atoms with Crippen LogP contribution in [0.4, 0.5) is 0 Å². The summed E-state index contributed by atoms with van der Waals surface area (Å²) >= 11 is 0. The summed E-state index contributed by atoms with van der Waals surface area (Å²) in [6.07, 6.45) is 9.06. The third-order valence-corrected chi connectivity index (χ3v) is 7.31. The molecular weight excluding hydrogens is 348 g/mol. The minimum atomic E-state index is -0.0803. The van der Waals surface area contributed by atoms with Crippen LogP contribution in [0.5, 0.6) is 5.75 Å². The Balaban J connectivity index is 0.00000168. The number of hydrogen-bond acceptors (Lipinski definition) is 3. The smallest absolute Gasteiger partial charge is 0.225 e. The van der Waals surface area contributed by atoms with Gasteiger partial charge in [0.05, 0.1) is 12.0 Å². The first-order chi connectivity index (χ1) is 12.2. The molecule has 4 aliphatic rings. The van der Waals surface area contributed by atoms with Crippen molar-refractivity contribution >= 4 is 18.3 Å². The zero-order valence-corrected chi connectivity index (χ0v) is 16.0. The van der Waals surface area contributed by atoms with Gasteiger partial charge in [-0.05, 0) is 62.8 Å². The lowest BCUT2D eigenvalue weighted by atomic mass is 9.82. The molecule has 3 fully saturated rings. The van der Waals surface area contributed by atoms with Crippen molar-refractivity contribution in [2.24, 2.45) is 23.5 Å². The summed E-state index contributed by atoms with van der Waals surface area (Å²) in [5.41, 5.74) is 7.44. The van der Waals surface area contributed by atoms with E-state index in [0.717, 1.165) is 37.0 Å². The van der Waals surface area contributed by atoms with E-state index < -0.39 is 0 Å². The second-order valence-corrected chi connectivity index (χ2v) is 8.73. The van der Waals surface area contributed by atoms with Crippen LogP contribution in [0.3, 0.4) is 0 Å². The Morgan fingerprint density at radius 2 is 1.88 bits per heavy atom. The Morgan fingerprint density at radius 1 is 1.15 bits per heavy atom. The molecule has 1 heterocycles. The first kappa shape index (κ1) is 18.1. The normalized spacial score (nSPS) is 36.3. The van der Waals surface area contributed by atoms with Crippen LogP contribution in [0.15, 0.2) is 24.3 Å². The molecule has 1 spiro atoms. The van der Waals surface area contributed by atoms with Gasteiger partial charge in [-0.15, -0.1) is 12.4 Å². The molecule has 0 radical (unpaired) electrons. The van der Waals surface area contributed by atoms with Crippen LogP contribution in [0.1, 0.15) is 63.0 Å². The zero-order chi connectivity index (χ0) is 17.0. The maximum Gasteiger partial charge on any atom is 0.225 e. The first-order valence-electron chi connectivity index (χ1n) is 9.99. The second kappa shape index (κ2) is 6.72. The molecule has 2 bridgehead atoms. The number of fused-ring (bicyclic) bond motifs is 3. The maximum absolute atomic E-state index is 13.1. The number of nitrogens with one attached hydrogen (secondary N) is 1. The average Bonchev–Trinajstić information content (AvgIpc) is 3.31. The molecule has 5 atom stereocenters. The largest absolute Gasteiger partial charge is 0.487 e. The number of ether oxygens (including phenoxy) is 1. The van der Waals surface area contributed by atoms with E-state index in [-0.39, 0.29) is 41.9 Å². The monoisotopic (exact) mass is 376 g/mol. The fourth-order valence-corrected chi connectivity index (χ4v) is 6.07. The topological polar surface area (TPSA) is 64.4 Å². The summed E-state index contributed by atoms with van der Waals surface area (Å²) in [5.74, 6) is 2.19. The Bertz CT molecular complexity index is 686. The van der Waals surface area contributed by atoms with Crippen LogP contribution in [0.2, 0.25) is 0 Å². The summed E-state index contributed by atoms with van der Waals surface area (Å²) in [5, 5.41) is 3.38. The lowest BCUT2D eigenvalue weighted by molar-refractivity contribution is -0.128. The van der Waals surface area contributed by atoms with Gasteiger partial charge in [-0.3, -0.25) is 4.79 Å². The highest BCUT2D eigenvalue weighted by molar-refractivity contribution is 5.85. The number of nitrogens with two attached hydrogens (primary N) is 1. The minimum absolute atomic E-state index is 0. The molecule has 0 saturated heterocycles. The van der Waals surface area contributed by atoms with Gasteiger partial charge in [0.1, 0.15) is 11.4 Å². The quantitative estimate of drug-likeness (QED) is 0.826. The molecule has 1 amide bonds. The molecule has 1 aromatic carbocycles. The molecule has 3 saturated carbocycles. The van der Waals surface area contributed by atoms with Crippen LogP contribution in [-0.2, 0) is 4.79 Å². The Morgan fingerprint density at radius 3 is 2.62 bits per heavy atom. The second-order valence-electron chi connectivity index (χ2n) is 8.73. The fourth-order valence-electron chi connectivity index (χ4n) is 6.07. The van der Waals surface area contributed by atoms with E-state index in [1.165, 1.54) is 25.7 Å². The van der Waals surface area contributed by atoms with E-state index in [1.807, 2.05) is 12.1 Å². The van der Waals surface area contributed by atoms with Gasteiger partial charge >= 0.3 is 0 Å². The SMILES string of the molecule is Cl.NC1C2CCC(C2)C1C(=O)NC1CC2(CCCC2)Oc2ccccc21. The summed E-state index contributed by atoms with van der Waals surface area (Å²) in [4.78, 5) is 13.1. The number of carbonyl (C=O) groups excluding carboxylic acids is 1. The highest BCUT2D eigenvalue weighted by atomic mass is 35.5. The van der Waals surface area contributed by atoms with Gasteiger partial charge in [0.25, 0.3) is 0 Å². The number of carbonyl (C=O) groups is 1. The summed E-state index contributed by atoms with van der Waals surface area (Å²) in [6, 6.07) is 8.32. The molecule has 5 rings (SSSR count). The van der Waals surface area contributed by atoms with Gasteiger partial charge in [0.2, 0.25) is 5.91 Å². The molecule has 3 aliphatic carbocycles. The van der Waals surface area contributed by atoms with Crippen LogP contribution in [0, 0.1) is 17.8 Å². The molecule has 26 heavy (non-hydrogen) atoms. The van der Waals surface area contributed by atoms with Crippen LogP contribution in [0.25, 0.3) is 0 Å². The highest BCUT2D eigenvalue weighted by Crippen LogP contribution is 2.49. The van der Waals surface area contributed by atoms with E-state index in [9.17, 15) is 4.79 Å². The number of benzene rings is 1. The van der Waals surface area contributed by atoms with E-state index in [1.54, 1.807) is 0 Å². The van der Waals surface area contributed by atoms with Crippen molar-refractivity contribution in [3.05, 3.63) is 29.8 Å². The van der Waals surface area contributed by atoms with Crippen LogP contribution < -0.4 is 15.8 Å². The van der Waals surface area contributed by atoms with Crippen LogP contribution in [-0.4, -0.2) is 17.6 Å². The summed E-state index contributed by atoms with van der Waals surface area (Å²) in [6.45, 7) is 0. The van der Waals surface area contributed by atoms with Crippen molar-refractivity contribution in [1.29, 1.82) is 0 Å². The Labute approximate surface area is 161 Å². The summed E-state index contributed by atoms with van der Waals surface area (Å²) < 4.78 is 6.41. The molecule has 1 aliphatic heterocycles. The number of amides is 1. The first-order valence-corrected chi connectivity index (χ1v) is 9.99. The third-order valence-electron chi connectivity index (χ3n) is 7.31. The summed E-state index contributed by atoms with van der Waals surface area (Å²) in [7, 11) is 0. The Hall–Kier alpha value is -1.26. The lowest BCUT2D eigenvalue weighted by Gasteiger charge is -2.41. The molecule has 0 aromatic heterocycles. The number of hydrogen-bond donors (Lipinski definition) is 2. The van der Waals surface area contributed by atoms with Crippen molar-refractivity contribution in [2.75, 3.05) is 0 Å². The minimum Gasteiger partial charge on any atom is -0.487 e.